The van der Waals surface area contributed by atoms with Crippen LogP contribution in [-0.2, 0) is 11.2 Å². The molecule has 1 aromatic carbocycles. The van der Waals surface area contributed by atoms with Crippen molar-refractivity contribution in [3.8, 4) is 6.07 Å². The van der Waals surface area contributed by atoms with Crippen LogP contribution in [0.25, 0.3) is 0 Å². The second-order valence-corrected chi connectivity index (χ2v) is 7.11. The fourth-order valence-electron chi connectivity index (χ4n) is 1.54. The maximum absolute atomic E-state index is 10.8. The Morgan fingerprint density at radius 3 is 3.00 bits per heavy atom. The lowest BCUT2D eigenvalue weighted by atomic mass is 10.2. The van der Waals surface area contributed by atoms with Crippen molar-refractivity contribution in [3.05, 3.63) is 38.8 Å². The van der Waals surface area contributed by atoms with E-state index in [-0.39, 0.29) is 6.42 Å². The van der Waals surface area contributed by atoms with Gasteiger partial charge in [0.1, 0.15) is 6.07 Å². The Kier molecular flexibility index (Phi) is 4.81. The van der Waals surface area contributed by atoms with E-state index in [0.29, 0.717) is 5.56 Å². The molecule has 2 rings (SSSR count). The number of hydrogen-bond acceptors (Lipinski definition) is 5. The fourth-order valence-corrected chi connectivity index (χ4v) is 4.42. The van der Waals surface area contributed by atoms with Gasteiger partial charge in [0.2, 0.25) is 0 Å². The van der Waals surface area contributed by atoms with Crippen LogP contribution >= 0.6 is 39.0 Å². The first kappa shape index (κ1) is 15.0. The van der Waals surface area contributed by atoms with Crippen LogP contribution in [0, 0.1) is 18.3 Å². The first-order valence-corrected chi connectivity index (χ1v) is 7.98. The van der Waals surface area contributed by atoms with Crippen LogP contribution in [0.15, 0.2) is 31.9 Å². The second kappa shape index (κ2) is 6.39. The fraction of sp³-hybridized carbons (Fsp3) is 0.154. The van der Waals surface area contributed by atoms with Gasteiger partial charge in [0, 0.05) is 14.2 Å². The highest BCUT2D eigenvalue weighted by Gasteiger charge is 2.14. The van der Waals surface area contributed by atoms with Gasteiger partial charge in [0.05, 0.1) is 17.7 Å². The quantitative estimate of drug-likeness (QED) is 0.886. The lowest BCUT2D eigenvalue weighted by Crippen LogP contribution is -1.99. The van der Waals surface area contributed by atoms with E-state index >= 15 is 0 Å². The Balaban J connectivity index is 2.30. The van der Waals surface area contributed by atoms with Crippen molar-refractivity contribution in [2.45, 2.75) is 22.6 Å². The van der Waals surface area contributed by atoms with Gasteiger partial charge in [-0.1, -0.05) is 17.8 Å². The number of nitriles is 1. The monoisotopic (exact) mass is 368 g/mol. The summed E-state index contributed by atoms with van der Waals surface area (Å²) in [5.41, 5.74) is 1.29. The van der Waals surface area contributed by atoms with Crippen LogP contribution < -0.4 is 0 Å². The molecular formula is C13H9BrN2O2S2. The van der Waals surface area contributed by atoms with Gasteiger partial charge in [-0.2, -0.15) is 5.26 Å². The maximum Gasteiger partial charge on any atom is 0.308 e. The Morgan fingerprint density at radius 2 is 2.35 bits per heavy atom. The van der Waals surface area contributed by atoms with Crippen molar-refractivity contribution in [1.82, 2.24) is 4.98 Å². The van der Waals surface area contributed by atoms with Crippen LogP contribution in [-0.4, -0.2) is 16.1 Å². The standard InChI is InChI=1S/C13H9BrN2O2S2/c1-7-11(5-12(17)18)20-13(16-7)19-10-4-2-3-9(14)8(10)6-15/h2-4H,5H2,1H3,(H,17,18). The van der Waals surface area contributed by atoms with Crippen molar-refractivity contribution < 1.29 is 9.90 Å². The SMILES string of the molecule is Cc1nc(Sc2cccc(Br)c2C#N)sc1CC(=O)O. The number of carbonyl (C=O) groups is 1. The molecule has 4 nitrogen and oxygen atoms in total. The highest BCUT2D eigenvalue weighted by Crippen LogP contribution is 2.36. The van der Waals surface area contributed by atoms with Crippen molar-refractivity contribution in [3.63, 3.8) is 0 Å². The number of carboxylic acids is 1. The van der Waals surface area contributed by atoms with Gasteiger partial charge in [0.15, 0.2) is 4.34 Å². The van der Waals surface area contributed by atoms with Gasteiger partial charge in [-0.25, -0.2) is 4.98 Å². The summed E-state index contributed by atoms with van der Waals surface area (Å²) < 4.78 is 1.48. The number of carboxylic acid groups (broad SMARTS) is 1. The number of nitrogens with zero attached hydrogens (tertiary/aromatic N) is 2. The molecule has 0 saturated carbocycles. The Bertz CT molecular complexity index is 707. The summed E-state index contributed by atoms with van der Waals surface area (Å²) in [6.45, 7) is 1.80. The molecule has 7 heteroatoms. The van der Waals surface area contributed by atoms with Crippen molar-refractivity contribution >= 4 is 45.0 Å². The van der Waals surface area contributed by atoms with Crippen LogP contribution in [0.2, 0.25) is 0 Å². The molecule has 0 atom stereocenters. The summed E-state index contributed by atoms with van der Waals surface area (Å²) in [7, 11) is 0. The van der Waals surface area contributed by atoms with E-state index in [1.54, 1.807) is 6.92 Å². The van der Waals surface area contributed by atoms with E-state index in [1.807, 2.05) is 18.2 Å². The molecule has 102 valence electrons. The van der Waals surface area contributed by atoms with Crippen LogP contribution in [0.1, 0.15) is 16.1 Å². The summed E-state index contributed by atoms with van der Waals surface area (Å²) in [6, 6.07) is 7.67. The molecule has 1 N–H and O–H groups in total. The molecule has 0 aliphatic heterocycles. The van der Waals surface area contributed by atoms with E-state index in [2.05, 4.69) is 27.0 Å². The van der Waals surface area contributed by atoms with E-state index in [0.717, 1.165) is 24.3 Å². The maximum atomic E-state index is 10.8. The van der Waals surface area contributed by atoms with E-state index in [1.165, 1.54) is 23.1 Å². The minimum Gasteiger partial charge on any atom is -0.481 e. The number of rotatable bonds is 4. The molecule has 0 fully saturated rings. The largest absolute Gasteiger partial charge is 0.481 e. The van der Waals surface area contributed by atoms with Crippen molar-refractivity contribution in [2.24, 2.45) is 0 Å². The number of aromatic nitrogens is 1. The predicted octanol–water partition coefficient (Wildman–Crippen LogP) is 3.86. The lowest BCUT2D eigenvalue weighted by molar-refractivity contribution is -0.136. The number of halogens is 1. The van der Waals surface area contributed by atoms with Gasteiger partial charge in [-0.15, -0.1) is 11.3 Å². The molecule has 0 unspecified atom stereocenters. The number of aliphatic carboxylic acids is 1. The third kappa shape index (κ3) is 3.39. The number of benzene rings is 1. The number of aryl methyl sites for hydroxylation is 1. The third-order valence-corrected chi connectivity index (χ3v) is 5.41. The molecule has 0 aliphatic carbocycles. The van der Waals surface area contributed by atoms with Gasteiger partial charge in [0.25, 0.3) is 0 Å². The molecule has 1 heterocycles. The summed E-state index contributed by atoms with van der Waals surface area (Å²) >= 11 is 6.07. The van der Waals surface area contributed by atoms with Gasteiger partial charge < -0.3 is 5.11 Å². The van der Waals surface area contributed by atoms with Gasteiger partial charge >= 0.3 is 5.97 Å². The molecule has 0 spiro atoms. The van der Waals surface area contributed by atoms with E-state index in [9.17, 15) is 4.79 Å². The van der Waals surface area contributed by atoms with Crippen LogP contribution in [0.4, 0.5) is 0 Å². The Morgan fingerprint density at radius 1 is 1.60 bits per heavy atom. The van der Waals surface area contributed by atoms with Crippen LogP contribution in [0.5, 0.6) is 0 Å². The summed E-state index contributed by atoms with van der Waals surface area (Å²) in [5.74, 6) is -0.867. The minimum absolute atomic E-state index is 0.0202. The highest BCUT2D eigenvalue weighted by molar-refractivity contribution is 9.10. The van der Waals surface area contributed by atoms with E-state index < -0.39 is 5.97 Å². The first-order chi connectivity index (χ1) is 9.51. The zero-order valence-corrected chi connectivity index (χ0v) is 13.6. The van der Waals surface area contributed by atoms with Gasteiger partial charge in [-0.05, 0) is 35.0 Å². The number of hydrogen-bond donors (Lipinski definition) is 1. The molecule has 0 radical (unpaired) electrons. The third-order valence-electron chi connectivity index (χ3n) is 2.47. The Labute approximate surface area is 132 Å². The first-order valence-electron chi connectivity index (χ1n) is 5.56. The zero-order valence-electron chi connectivity index (χ0n) is 10.4. The highest BCUT2D eigenvalue weighted by atomic mass is 79.9. The molecule has 20 heavy (non-hydrogen) atoms. The average Bonchev–Trinajstić information content (AvgIpc) is 2.69. The molecule has 2 aromatic rings. The molecule has 0 amide bonds. The van der Waals surface area contributed by atoms with Crippen molar-refractivity contribution in [2.75, 3.05) is 0 Å². The summed E-state index contributed by atoms with van der Waals surface area (Å²) in [4.78, 5) is 16.7. The Hall–Kier alpha value is -1.36. The topological polar surface area (TPSA) is 74.0 Å². The van der Waals surface area contributed by atoms with Crippen molar-refractivity contribution in [1.29, 1.82) is 5.26 Å². The summed E-state index contributed by atoms with van der Waals surface area (Å²) in [6.07, 6.45) is -0.0202. The van der Waals surface area contributed by atoms with Crippen LogP contribution in [0.3, 0.4) is 0 Å². The number of thiazole rings is 1. The minimum atomic E-state index is -0.867. The van der Waals surface area contributed by atoms with Gasteiger partial charge in [-0.3, -0.25) is 4.79 Å². The smallest absolute Gasteiger partial charge is 0.308 e. The molecule has 1 aromatic heterocycles. The van der Waals surface area contributed by atoms with E-state index in [4.69, 9.17) is 10.4 Å². The zero-order chi connectivity index (χ0) is 14.7. The molecule has 0 aliphatic rings. The lowest BCUT2D eigenvalue weighted by Gasteiger charge is -2.02. The molecule has 0 saturated heterocycles. The average molecular weight is 369 g/mol. The normalized spacial score (nSPS) is 10.2. The summed E-state index contributed by atoms with van der Waals surface area (Å²) in [5, 5.41) is 18.0. The second-order valence-electron chi connectivity index (χ2n) is 3.89. The molecular weight excluding hydrogens is 360 g/mol. The predicted molar refractivity (Wildman–Crippen MR) is 81.2 cm³/mol. The molecule has 0 bridgehead atoms.